The lowest BCUT2D eigenvalue weighted by molar-refractivity contribution is -0.127. The summed E-state index contributed by atoms with van der Waals surface area (Å²) in [6.45, 7) is 2.66. The molecule has 1 amide bonds. The average molecular weight is 387 g/mol. The molecule has 142 valence electrons. The highest BCUT2D eigenvalue weighted by Crippen LogP contribution is 2.31. The van der Waals surface area contributed by atoms with Gasteiger partial charge in [0.2, 0.25) is 5.91 Å². The van der Waals surface area contributed by atoms with Crippen LogP contribution in [0.3, 0.4) is 0 Å². The molecular formula is C19H23ClN6O. The van der Waals surface area contributed by atoms with Gasteiger partial charge in [0.15, 0.2) is 0 Å². The number of nitrogens with one attached hydrogen (secondary N) is 2. The number of amides is 1. The first-order valence-electron chi connectivity index (χ1n) is 9.20. The van der Waals surface area contributed by atoms with Crippen LogP contribution >= 0.6 is 11.6 Å². The van der Waals surface area contributed by atoms with Crippen LogP contribution in [0.25, 0.3) is 0 Å². The van der Waals surface area contributed by atoms with Crippen LogP contribution in [-0.4, -0.2) is 41.0 Å². The second kappa shape index (κ2) is 7.32. The number of aromatic nitrogens is 2. The largest absolute Gasteiger partial charge is 0.369 e. The van der Waals surface area contributed by atoms with Crippen LogP contribution in [-0.2, 0) is 17.8 Å². The van der Waals surface area contributed by atoms with E-state index in [1.54, 1.807) is 6.33 Å². The minimum absolute atomic E-state index is 0.128. The summed E-state index contributed by atoms with van der Waals surface area (Å²) in [5.74, 6) is 1.75. The van der Waals surface area contributed by atoms with Gasteiger partial charge >= 0.3 is 0 Å². The van der Waals surface area contributed by atoms with Crippen LogP contribution in [0.4, 0.5) is 11.6 Å². The zero-order valence-corrected chi connectivity index (χ0v) is 15.8. The van der Waals surface area contributed by atoms with Gasteiger partial charge < -0.3 is 21.3 Å². The van der Waals surface area contributed by atoms with Gasteiger partial charge in [0, 0.05) is 36.8 Å². The van der Waals surface area contributed by atoms with E-state index in [4.69, 9.17) is 17.3 Å². The Morgan fingerprint density at radius 2 is 2.07 bits per heavy atom. The monoisotopic (exact) mass is 386 g/mol. The molecule has 27 heavy (non-hydrogen) atoms. The van der Waals surface area contributed by atoms with Gasteiger partial charge in [-0.3, -0.25) is 4.79 Å². The van der Waals surface area contributed by atoms with E-state index >= 15 is 0 Å². The molecule has 1 aromatic heterocycles. The Morgan fingerprint density at radius 3 is 2.85 bits per heavy atom. The molecule has 0 bridgehead atoms. The number of halogens is 1. The van der Waals surface area contributed by atoms with Crippen molar-refractivity contribution < 1.29 is 4.79 Å². The normalized spacial score (nSPS) is 17.9. The van der Waals surface area contributed by atoms with E-state index < -0.39 is 5.54 Å². The van der Waals surface area contributed by atoms with Crippen molar-refractivity contribution >= 4 is 29.1 Å². The summed E-state index contributed by atoms with van der Waals surface area (Å²) in [4.78, 5) is 23.7. The van der Waals surface area contributed by atoms with Gasteiger partial charge in [0.25, 0.3) is 0 Å². The molecule has 0 atom stereocenters. The Morgan fingerprint density at radius 1 is 1.30 bits per heavy atom. The van der Waals surface area contributed by atoms with Crippen molar-refractivity contribution in [2.24, 2.45) is 5.73 Å². The molecular weight excluding hydrogens is 364 g/mol. The van der Waals surface area contributed by atoms with Crippen LogP contribution in [0.5, 0.6) is 0 Å². The topological polar surface area (TPSA) is 96.2 Å². The third-order valence-corrected chi connectivity index (χ3v) is 5.76. The van der Waals surface area contributed by atoms with E-state index in [1.807, 2.05) is 24.3 Å². The molecule has 4 rings (SSSR count). The Kier molecular flexibility index (Phi) is 4.88. The van der Waals surface area contributed by atoms with E-state index in [2.05, 4.69) is 25.5 Å². The van der Waals surface area contributed by atoms with Gasteiger partial charge in [-0.25, -0.2) is 9.97 Å². The first-order valence-corrected chi connectivity index (χ1v) is 9.58. The summed E-state index contributed by atoms with van der Waals surface area (Å²) in [7, 11) is 0. The van der Waals surface area contributed by atoms with Gasteiger partial charge in [-0.15, -0.1) is 0 Å². The molecule has 3 heterocycles. The summed E-state index contributed by atoms with van der Waals surface area (Å²) in [6, 6.07) is 7.49. The molecule has 4 N–H and O–H groups in total. The van der Waals surface area contributed by atoms with Gasteiger partial charge in [-0.2, -0.15) is 0 Å². The number of anilines is 2. The van der Waals surface area contributed by atoms with Crippen molar-refractivity contribution in [1.82, 2.24) is 15.3 Å². The number of hydrogen-bond acceptors (Lipinski definition) is 6. The van der Waals surface area contributed by atoms with E-state index in [9.17, 15) is 4.79 Å². The summed E-state index contributed by atoms with van der Waals surface area (Å²) >= 11 is 6.16. The fraction of sp³-hybridized carbons (Fsp3) is 0.421. The highest BCUT2D eigenvalue weighted by molar-refractivity contribution is 6.31. The van der Waals surface area contributed by atoms with E-state index in [1.165, 1.54) is 0 Å². The predicted molar refractivity (Wildman–Crippen MR) is 106 cm³/mol. The summed E-state index contributed by atoms with van der Waals surface area (Å²) in [6.07, 6.45) is 3.67. The molecule has 2 aliphatic heterocycles. The molecule has 0 unspecified atom stereocenters. The molecule has 0 saturated carbocycles. The molecule has 0 spiro atoms. The first-order chi connectivity index (χ1) is 13.1. The SMILES string of the molecule is NC1(C(=O)NCc2ccccc2Cl)CCN(c2ncnc3c2CCN3)CC1. The smallest absolute Gasteiger partial charge is 0.240 e. The van der Waals surface area contributed by atoms with E-state index in [0.717, 1.165) is 35.7 Å². The number of benzene rings is 1. The van der Waals surface area contributed by atoms with Gasteiger partial charge in [0.05, 0.1) is 5.54 Å². The van der Waals surface area contributed by atoms with Crippen LogP contribution in [0.15, 0.2) is 30.6 Å². The van der Waals surface area contributed by atoms with Crippen molar-refractivity contribution in [3.05, 3.63) is 46.7 Å². The van der Waals surface area contributed by atoms with Crippen LogP contribution < -0.4 is 21.3 Å². The number of hydrogen-bond donors (Lipinski definition) is 3. The molecule has 2 aromatic rings. The number of nitrogens with two attached hydrogens (primary N) is 1. The van der Waals surface area contributed by atoms with Crippen LogP contribution in [0, 0.1) is 0 Å². The Hall–Kier alpha value is -2.38. The fourth-order valence-corrected chi connectivity index (χ4v) is 3.90. The predicted octanol–water partition coefficient (Wildman–Crippen LogP) is 1.71. The maximum atomic E-state index is 12.7. The molecule has 0 radical (unpaired) electrons. The lowest BCUT2D eigenvalue weighted by atomic mass is 9.87. The zero-order chi connectivity index (χ0) is 18.9. The van der Waals surface area contributed by atoms with Crippen molar-refractivity contribution in [2.45, 2.75) is 31.3 Å². The number of fused-ring (bicyclic) bond motifs is 1. The van der Waals surface area contributed by atoms with Gasteiger partial charge in [-0.05, 0) is 30.9 Å². The molecule has 8 heteroatoms. The summed E-state index contributed by atoms with van der Waals surface area (Å²) in [5.41, 5.74) is 7.62. The Balaban J connectivity index is 1.38. The third-order valence-electron chi connectivity index (χ3n) is 5.39. The van der Waals surface area contributed by atoms with Crippen LogP contribution in [0.2, 0.25) is 5.02 Å². The minimum Gasteiger partial charge on any atom is -0.369 e. The number of piperidine rings is 1. The van der Waals surface area contributed by atoms with Crippen molar-refractivity contribution in [3.63, 3.8) is 0 Å². The first kappa shape index (κ1) is 18.0. The maximum absolute atomic E-state index is 12.7. The average Bonchev–Trinajstić information content (AvgIpc) is 3.17. The highest BCUT2D eigenvalue weighted by atomic mass is 35.5. The lowest BCUT2D eigenvalue weighted by Crippen LogP contribution is -2.59. The number of rotatable bonds is 4. The minimum atomic E-state index is -0.869. The number of nitrogens with zero attached hydrogens (tertiary/aromatic N) is 3. The highest BCUT2D eigenvalue weighted by Gasteiger charge is 2.38. The molecule has 7 nitrogen and oxygen atoms in total. The van der Waals surface area contributed by atoms with E-state index in [-0.39, 0.29) is 5.91 Å². The Bertz CT molecular complexity index is 850. The lowest BCUT2D eigenvalue weighted by Gasteiger charge is -2.39. The van der Waals surface area contributed by atoms with Gasteiger partial charge in [-0.1, -0.05) is 29.8 Å². The quantitative estimate of drug-likeness (QED) is 0.740. The second-order valence-electron chi connectivity index (χ2n) is 7.12. The molecule has 1 saturated heterocycles. The zero-order valence-electron chi connectivity index (χ0n) is 15.0. The fourth-order valence-electron chi connectivity index (χ4n) is 3.70. The third kappa shape index (κ3) is 3.57. The molecule has 1 fully saturated rings. The standard InChI is InChI=1S/C19H23ClN6O/c20-15-4-2-1-3-13(15)11-23-18(27)19(21)6-9-26(10-7-19)17-14-5-8-22-16(14)24-12-25-17/h1-4,12H,5-11,21H2,(H,23,27)(H,22,24,25). The van der Waals surface area contributed by atoms with Crippen molar-refractivity contribution in [1.29, 1.82) is 0 Å². The summed E-state index contributed by atoms with van der Waals surface area (Å²) < 4.78 is 0. The van der Waals surface area contributed by atoms with Crippen molar-refractivity contribution in [2.75, 3.05) is 29.9 Å². The molecule has 1 aromatic carbocycles. The maximum Gasteiger partial charge on any atom is 0.240 e. The van der Waals surface area contributed by atoms with Gasteiger partial charge in [0.1, 0.15) is 18.0 Å². The summed E-state index contributed by atoms with van der Waals surface area (Å²) in [5, 5.41) is 6.86. The number of carbonyl (C=O) groups is 1. The Labute approximate surface area is 163 Å². The molecule has 2 aliphatic rings. The number of carbonyl (C=O) groups excluding carboxylic acids is 1. The molecule has 0 aliphatic carbocycles. The van der Waals surface area contributed by atoms with Crippen LogP contribution in [0.1, 0.15) is 24.0 Å². The second-order valence-corrected chi connectivity index (χ2v) is 7.53. The van der Waals surface area contributed by atoms with E-state index in [0.29, 0.717) is 37.5 Å². The van der Waals surface area contributed by atoms with Crippen molar-refractivity contribution in [3.8, 4) is 0 Å².